The molecule has 3 nitrogen and oxygen atoms in total. The number of rotatable bonds is 11. The molecule has 256 valence electrons. The van der Waals surface area contributed by atoms with E-state index in [1.807, 2.05) is 12.1 Å². The van der Waals surface area contributed by atoms with E-state index >= 15 is 0 Å². The number of unbranched alkanes of at least 4 members (excludes halogenated alkanes) is 6. The first kappa shape index (κ1) is 34.3. The van der Waals surface area contributed by atoms with Crippen molar-refractivity contribution >= 4 is 22.7 Å². The normalized spacial score (nSPS) is 14.5. The van der Waals surface area contributed by atoms with Crippen molar-refractivity contribution in [1.29, 1.82) is 5.26 Å². The largest absolute Gasteiger partial charge is 0.310 e. The van der Waals surface area contributed by atoms with E-state index in [0.717, 1.165) is 53.9 Å². The Balaban J connectivity index is 1.62. The van der Waals surface area contributed by atoms with Crippen LogP contribution in [0.1, 0.15) is 129 Å². The second-order valence-electron chi connectivity index (χ2n) is 15.1. The van der Waals surface area contributed by atoms with Crippen LogP contribution in [0.3, 0.4) is 0 Å². The van der Waals surface area contributed by atoms with Gasteiger partial charge in [0.15, 0.2) is 5.69 Å². The molecule has 0 N–H and O–H groups in total. The van der Waals surface area contributed by atoms with Crippen molar-refractivity contribution in [3.8, 4) is 6.07 Å². The minimum Gasteiger partial charge on any atom is -0.310 e. The molecule has 0 amide bonds. The molecule has 1 spiro atoms. The summed E-state index contributed by atoms with van der Waals surface area (Å²) in [7, 11) is 0. The lowest BCUT2D eigenvalue weighted by Crippen LogP contribution is -2.45. The summed E-state index contributed by atoms with van der Waals surface area (Å²) in [4.78, 5) is 6.45. The molecule has 0 saturated heterocycles. The average molecular weight is 668 g/mol. The third-order valence-corrected chi connectivity index (χ3v) is 11.5. The highest BCUT2D eigenvalue weighted by molar-refractivity contribution is 5.91. The quantitative estimate of drug-likeness (QED) is 0.102. The number of hydrogen-bond acceptors (Lipinski definition) is 2. The minimum atomic E-state index is -0.734. The zero-order valence-electron chi connectivity index (χ0n) is 30.7. The molecule has 51 heavy (non-hydrogen) atoms. The zero-order chi connectivity index (χ0) is 35.6. The molecular formula is C48H49N3. The number of hydrogen-bond donors (Lipinski definition) is 0. The van der Waals surface area contributed by atoms with Crippen LogP contribution in [0.15, 0.2) is 103 Å². The van der Waals surface area contributed by atoms with Crippen molar-refractivity contribution in [3.05, 3.63) is 165 Å². The van der Waals surface area contributed by atoms with E-state index in [0.29, 0.717) is 11.3 Å². The Kier molecular flexibility index (Phi) is 9.59. The topological polar surface area (TPSA) is 31.4 Å². The maximum atomic E-state index is 10.4. The summed E-state index contributed by atoms with van der Waals surface area (Å²) < 4.78 is 0. The third-order valence-electron chi connectivity index (χ3n) is 11.5. The molecule has 0 atom stereocenters. The summed E-state index contributed by atoms with van der Waals surface area (Å²) in [6.07, 6.45) is 11.7. The number of nitriles is 1. The van der Waals surface area contributed by atoms with Crippen LogP contribution in [0.4, 0.5) is 22.7 Å². The SMILES string of the molecule is [C-]#[N+]c1ccc2c(c1)C1(c3cc(CCCCCC)ccc3N(c3ccccc3)c3ccc(CCCCCC)cc31)c1cc(C#N)ccc1C2(C)C. The zero-order valence-corrected chi connectivity index (χ0v) is 30.7. The van der Waals surface area contributed by atoms with Crippen LogP contribution in [0.25, 0.3) is 4.85 Å². The van der Waals surface area contributed by atoms with E-state index in [9.17, 15) is 5.26 Å². The van der Waals surface area contributed by atoms with E-state index in [-0.39, 0.29) is 5.41 Å². The van der Waals surface area contributed by atoms with Gasteiger partial charge in [0.1, 0.15) is 0 Å². The first-order valence-corrected chi connectivity index (χ1v) is 19.1. The Labute approximate surface area is 305 Å². The fourth-order valence-electron chi connectivity index (χ4n) is 8.91. The highest BCUT2D eigenvalue weighted by Crippen LogP contribution is 2.63. The molecule has 2 aliphatic rings. The van der Waals surface area contributed by atoms with Gasteiger partial charge < -0.3 is 4.90 Å². The second kappa shape index (κ2) is 14.2. The maximum Gasteiger partial charge on any atom is 0.187 e. The van der Waals surface area contributed by atoms with Crippen molar-refractivity contribution in [2.24, 2.45) is 0 Å². The molecule has 0 aromatic heterocycles. The van der Waals surface area contributed by atoms with Gasteiger partial charge in [0.05, 0.1) is 35.0 Å². The Hall–Kier alpha value is -5.12. The van der Waals surface area contributed by atoms with Crippen LogP contribution >= 0.6 is 0 Å². The molecule has 3 heteroatoms. The van der Waals surface area contributed by atoms with Crippen LogP contribution in [0, 0.1) is 17.9 Å². The molecule has 1 heterocycles. The lowest BCUT2D eigenvalue weighted by Gasteiger charge is -2.53. The van der Waals surface area contributed by atoms with E-state index in [4.69, 9.17) is 6.57 Å². The fourth-order valence-corrected chi connectivity index (χ4v) is 8.91. The minimum absolute atomic E-state index is 0.336. The Morgan fingerprint density at radius 2 is 1.18 bits per heavy atom. The summed E-state index contributed by atoms with van der Waals surface area (Å²) >= 11 is 0. The van der Waals surface area contributed by atoms with Gasteiger partial charge in [0.2, 0.25) is 0 Å². The molecule has 0 radical (unpaired) electrons. The first-order chi connectivity index (χ1) is 24.9. The Morgan fingerprint density at radius 3 is 1.73 bits per heavy atom. The number of anilines is 3. The molecule has 0 fully saturated rings. The number of nitrogens with zero attached hydrogens (tertiary/aromatic N) is 3. The molecule has 1 aliphatic heterocycles. The lowest BCUT2D eigenvalue weighted by atomic mass is 9.52. The van der Waals surface area contributed by atoms with Gasteiger partial charge in [-0.1, -0.05) is 133 Å². The molecule has 5 aromatic carbocycles. The van der Waals surface area contributed by atoms with Crippen LogP contribution in [0.5, 0.6) is 0 Å². The fraction of sp³-hybridized carbons (Fsp3) is 0.333. The van der Waals surface area contributed by atoms with E-state index in [1.165, 1.54) is 71.9 Å². The molecular weight excluding hydrogens is 619 g/mol. The lowest BCUT2D eigenvalue weighted by molar-refractivity contribution is 0.555. The Bertz CT molecular complexity index is 2010. The predicted molar refractivity (Wildman–Crippen MR) is 212 cm³/mol. The number of aryl methyl sites for hydroxylation is 2. The van der Waals surface area contributed by atoms with Gasteiger partial charge in [-0.05, 0) is 107 Å². The second-order valence-corrected chi connectivity index (χ2v) is 15.1. The monoisotopic (exact) mass is 667 g/mol. The Morgan fingerprint density at radius 1 is 0.608 bits per heavy atom. The van der Waals surface area contributed by atoms with Crippen LogP contribution in [-0.4, -0.2) is 0 Å². The van der Waals surface area contributed by atoms with Crippen LogP contribution < -0.4 is 4.90 Å². The van der Waals surface area contributed by atoms with Gasteiger partial charge in [-0.3, -0.25) is 0 Å². The van der Waals surface area contributed by atoms with E-state index < -0.39 is 5.41 Å². The molecule has 5 aromatic rings. The maximum absolute atomic E-state index is 10.4. The summed E-state index contributed by atoms with van der Waals surface area (Å²) in [5.41, 5.74) is 13.6. The molecule has 0 bridgehead atoms. The van der Waals surface area contributed by atoms with Gasteiger partial charge >= 0.3 is 0 Å². The van der Waals surface area contributed by atoms with Crippen LogP contribution in [-0.2, 0) is 23.7 Å². The third kappa shape index (κ3) is 5.84. The molecule has 1 aliphatic carbocycles. The van der Waals surface area contributed by atoms with Gasteiger partial charge in [-0.25, -0.2) is 4.85 Å². The highest BCUT2D eigenvalue weighted by Gasteiger charge is 2.53. The highest BCUT2D eigenvalue weighted by atomic mass is 15.2. The first-order valence-electron chi connectivity index (χ1n) is 19.1. The summed E-state index contributed by atoms with van der Waals surface area (Å²) in [6.45, 7) is 17.3. The number of benzene rings is 5. The molecule has 0 unspecified atom stereocenters. The van der Waals surface area contributed by atoms with Crippen LogP contribution in [0.2, 0.25) is 0 Å². The van der Waals surface area contributed by atoms with Gasteiger partial charge in [0, 0.05) is 11.1 Å². The number of fused-ring (bicyclic) bond motifs is 8. The van der Waals surface area contributed by atoms with Crippen molar-refractivity contribution in [2.45, 2.75) is 103 Å². The van der Waals surface area contributed by atoms with Crippen molar-refractivity contribution in [1.82, 2.24) is 0 Å². The smallest absolute Gasteiger partial charge is 0.187 e. The van der Waals surface area contributed by atoms with E-state index in [2.05, 4.69) is 135 Å². The van der Waals surface area contributed by atoms with Crippen molar-refractivity contribution in [3.63, 3.8) is 0 Å². The van der Waals surface area contributed by atoms with Crippen molar-refractivity contribution < 1.29 is 0 Å². The molecule has 7 rings (SSSR count). The van der Waals surface area contributed by atoms with Gasteiger partial charge in [-0.2, -0.15) is 5.26 Å². The average Bonchev–Trinajstić information content (AvgIpc) is 3.16. The van der Waals surface area contributed by atoms with Gasteiger partial charge in [0.25, 0.3) is 0 Å². The summed E-state index contributed by atoms with van der Waals surface area (Å²) in [5.74, 6) is 0. The summed E-state index contributed by atoms with van der Waals surface area (Å²) in [5, 5.41) is 10.4. The summed E-state index contributed by atoms with van der Waals surface area (Å²) in [6, 6.07) is 40.3. The van der Waals surface area contributed by atoms with E-state index in [1.54, 1.807) is 0 Å². The standard InChI is InChI=1S/C48H49N3/c1-6-8-10-13-17-34-22-27-45-43(29-34)48(41-31-36(33-49)21-25-39(41)47(3,4)40-26-24-37(50-5)32-42(40)48)44-30-35(18-14-11-9-7-2)23-28-46(44)51(45)38-19-15-12-16-20-38/h12,15-16,19-32H,6-11,13-14,17-18H2,1-4H3. The van der Waals surface area contributed by atoms with Gasteiger partial charge in [-0.15, -0.1) is 0 Å². The van der Waals surface area contributed by atoms with Crippen molar-refractivity contribution in [2.75, 3.05) is 4.90 Å². The predicted octanol–water partition coefficient (Wildman–Crippen LogP) is 13.2. The number of para-hydroxylation sites is 1. The molecule has 0 saturated carbocycles.